The molecule has 0 bridgehead atoms. The van der Waals surface area contributed by atoms with Crippen LogP contribution in [0.5, 0.6) is 0 Å². The van der Waals surface area contributed by atoms with Crippen LogP contribution in [-0.4, -0.2) is 0 Å². The largest absolute Gasteiger partial charge is 0.456 e. The van der Waals surface area contributed by atoms with E-state index in [2.05, 4.69) is 54.6 Å². The summed E-state index contributed by atoms with van der Waals surface area (Å²) in [5.41, 5.74) is 7.82. The van der Waals surface area contributed by atoms with E-state index in [0.29, 0.717) is 5.56 Å². The molecule has 0 saturated carbocycles. The summed E-state index contributed by atoms with van der Waals surface area (Å²) in [6.45, 7) is 0. The molecule has 0 aliphatic heterocycles. The number of rotatable bonds is 2. The molecule has 7 rings (SSSR count). The third kappa shape index (κ3) is 2.69. The Kier molecular flexibility index (Phi) is 3.91. The van der Waals surface area contributed by atoms with Crippen molar-refractivity contribution < 1.29 is 8.83 Å². The van der Waals surface area contributed by atoms with Gasteiger partial charge in [0.2, 0.25) is 0 Å². The van der Waals surface area contributed by atoms with Gasteiger partial charge in [0.25, 0.3) is 0 Å². The SMILES string of the molecule is N#Cc1cccc(-c2ccc3c(c2)oc2ccccc23)c1-c1ccc2c(c1)oc1ccccc12. The van der Waals surface area contributed by atoms with E-state index < -0.39 is 0 Å². The zero-order valence-electron chi connectivity index (χ0n) is 18.1. The zero-order chi connectivity index (χ0) is 22.6. The van der Waals surface area contributed by atoms with Gasteiger partial charge in [-0.05, 0) is 59.2 Å². The van der Waals surface area contributed by atoms with Gasteiger partial charge in [0, 0.05) is 27.1 Å². The van der Waals surface area contributed by atoms with Gasteiger partial charge in [-0.2, -0.15) is 5.26 Å². The third-order valence-electron chi connectivity index (χ3n) is 6.54. The number of nitriles is 1. The summed E-state index contributed by atoms with van der Waals surface area (Å²) in [6.07, 6.45) is 0. The molecule has 34 heavy (non-hydrogen) atoms. The van der Waals surface area contributed by atoms with Crippen molar-refractivity contribution in [3.8, 4) is 28.3 Å². The summed E-state index contributed by atoms with van der Waals surface area (Å²) in [4.78, 5) is 0. The standard InChI is InChI=1S/C31H17NO2/c32-18-21-6-5-9-22(19-12-14-25-23-7-1-3-10-27(23)33-29(25)16-19)31(21)20-13-15-26-24-8-2-4-11-28(24)34-30(26)17-20/h1-17H. The maximum atomic E-state index is 9.95. The van der Waals surface area contributed by atoms with Crippen molar-refractivity contribution in [3.05, 3.63) is 109 Å². The Balaban J connectivity index is 1.46. The van der Waals surface area contributed by atoms with Crippen molar-refractivity contribution in [2.24, 2.45) is 0 Å². The van der Waals surface area contributed by atoms with Crippen LogP contribution in [0.2, 0.25) is 0 Å². The first-order valence-corrected chi connectivity index (χ1v) is 11.2. The Bertz CT molecular complexity index is 1930. The van der Waals surface area contributed by atoms with Crippen LogP contribution in [0.25, 0.3) is 66.1 Å². The summed E-state index contributed by atoms with van der Waals surface area (Å²) in [5, 5.41) is 14.3. The number of benzene rings is 5. The molecule has 2 heterocycles. The van der Waals surface area contributed by atoms with Crippen LogP contribution in [0.15, 0.2) is 112 Å². The van der Waals surface area contributed by atoms with Gasteiger partial charge in [-0.25, -0.2) is 0 Å². The van der Waals surface area contributed by atoms with Crippen molar-refractivity contribution in [2.45, 2.75) is 0 Å². The smallest absolute Gasteiger partial charge is 0.136 e. The van der Waals surface area contributed by atoms with Gasteiger partial charge in [-0.3, -0.25) is 0 Å². The molecule has 0 radical (unpaired) electrons. The van der Waals surface area contributed by atoms with E-state index in [4.69, 9.17) is 8.83 Å². The minimum absolute atomic E-state index is 0.623. The van der Waals surface area contributed by atoms with Gasteiger partial charge < -0.3 is 8.83 Å². The van der Waals surface area contributed by atoms with Crippen LogP contribution in [0, 0.1) is 11.3 Å². The van der Waals surface area contributed by atoms with Crippen molar-refractivity contribution >= 4 is 43.9 Å². The average molecular weight is 435 g/mol. The van der Waals surface area contributed by atoms with E-state index in [0.717, 1.165) is 66.1 Å². The normalized spacial score (nSPS) is 11.5. The predicted octanol–water partition coefficient (Wildman–Crippen LogP) is 8.69. The highest BCUT2D eigenvalue weighted by atomic mass is 16.3. The maximum absolute atomic E-state index is 9.95. The van der Waals surface area contributed by atoms with Gasteiger partial charge in [-0.1, -0.05) is 60.7 Å². The van der Waals surface area contributed by atoms with Gasteiger partial charge in [0.15, 0.2) is 0 Å². The predicted molar refractivity (Wildman–Crippen MR) is 137 cm³/mol. The zero-order valence-corrected chi connectivity index (χ0v) is 18.1. The van der Waals surface area contributed by atoms with Crippen LogP contribution in [0.4, 0.5) is 0 Å². The topological polar surface area (TPSA) is 50.1 Å². The molecule has 0 unspecified atom stereocenters. The van der Waals surface area contributed by atoms with Gasteiger partial charge >= 0.3 is 0 Å². The number of nitrogens with zero attached hydrogens (tertiary/aromatic N) is 1. The van der Waals surface area contributed by atoms with Gasteiger partial charge in [0.1, 0.15) is 22.3 Å². The minimum atomic E-state index is 0.623. The van der Waals surface area contributed by atoms with Crippen molar-refractivity contribution in [3.63, 3.8) is 0 Å². The van der Waals surface area contributed by atoms with Gasteiger partial charge in [0.05, 0.1) is 11.6 Å². The van der Waals surface area contributed by atoms with Crippen LogP contribution < -0.4 is 0 Å². The maximum Gasteiger partial charge on any atom is 0.136 e. The van der Waals surface area contributed by atoms with Crippen LogP contribution in [-0.2, 0) is 0 Å². The lowest BCUT2D eigenvalue weighted by atomic mass is 9.90. The average Bonchev–Trinajstić information content (AvgIpc) is 3.45. The molecule has 0 spiro atoms. The number of furan rings is 2. The fourth-order valence-electron chi connectivity index (χ4n) is 4.97. The second-order valence-corrected chi connectivity index (χ2v) is 8.46. The second kappa shape index (κ2) is 7.10. The van der Waals surface area contributed by atoms with Crippen LogP contribution in [0.3, 0.4) is 0 Å². The van der Waals surface area contributed by atoms with Crippen molar-refractivity contribution in [1.82, 2.24) is 0 Å². The number of para-hydroxylation sites is 2. The molecular formula is C31H17NO2. The molecule has 0 aliphatic rings. The molecule has 158 valence electrons. The lowest BCUT2D eigenvalue weighted by Crippen LogP contribution is -1.90. The minimum Gasteiger partial charge on any atom is -0.456 e. The molecule has 0 aliphatic carbocycles. The van der Waals surface area contributed by atoms with E-state index in [1.54, 1.807) is 0 Å². The molecule has 3 heteroatoms. The lowest BCUT2D eigenvalue weighted by Gasteiger charge is -2.12. The Morgan fingerprint density at radius 3 is 1.71 bits per heavy atom. The molecule has 0 atom stereocenters. The quantitative estimate of drug-likeness (QED) is 0.273. The number of fused-ring (bicyclic) bond motifs is 6. The Hall–Kier alpha value is -4.81. The molecule has 5 aromatic carbocycles. The van der Waals surface area contributed by atoms with Crippen molar-refractivity contribution in [2.75, 3.05) is 0 Å². The highest BCUT2D eigenvalue weighted by Gasteiger charge is 2.16. The highest BCUT2D eigenvalue weighted by molar-refractivity contribution is 6.08. The Morgan fingerprint density at radius 1 is 0.500 bits per heavy atom. The van der Waals surface area contributed by atoms with E-state index in [-0.39, 0.29) is 0 Å². The van der Waals surface area contributed by atoms with Crippen LogP contribution in [0.1, 0.15) is 5.56 Å². The summed E-state index contributed by atoms with van der Waals surface area (Å²) < 4.78 is 12.3. The van der Waals surface area contributed by atoms with E-state index in [1.807, 2.05) is 54.6 Å². The first-order chi connectivity index (χ1) is 16.8. The van der Waals surface area contributed by atoms with E-state index >= 15 is 0 Å². The fourth-order valence-corrected chi connectivity index (χ4v) is 4.97. The fraction of sp³-hybridized carbons (Fsp3) is 0. The first-order valence-electron chi connectivity index (χ1n) is 11.2. The number of hydrogen-bond acceptors (Lipinski definition) is 3. The van der Waals surface area contributed by atoms with E-state index in [9.17, 15) is 5.26 Å². The molecule has 3 nitrogen and oxygen atoms in total. The second-order valence-electron chi connectivity index (χ2n) is 8.46. The Labute approximate surface area is 195 Å². The molecule has 0 N–H and O–H groups in total. The highest BCUT2D eigenvalue weighted by Crippen LogP contribution is 2.40. The molecule has 0 amide bonds. The monoisotopic (exact) mass is 435 g/mol. The van der Waals surface area contributed by atoms with E-state index in [1.165, 1.54) is 0 Å². The summed E-state index contributed by atoms with van der Waals surface area (Å²) >= 11 is 0. The summed E-state index contributed by atoms with van der Waals surface area (Å²) in [6, 6.07) is 36.8. The van der Waals surface area contributed by atoms with Gasteiger partial charge in [-0.15, -0.1) is 0 Å². The molecular weight excluding hydrogens is 418 g/mol. The van der Waals surface area contributed by atoms with Crippen molar-refractivity contribution in [1.29, 1.82) is 5.26 Å². The molecule has 0 saturated heterocycles. The first kappa shape index (κ1) is 18.7. The lowest BCUT2D eigenvalue weighted by molar-refractivity contribution is 0.668. The summed E-state index contributed by atoms with van der Waals surface area (Å²) in [7, 11) is 0. The molecule has 0 fully saturated rings. The molecule has 7 aromatic rings. The molecule has 2 aromatic heterocycles. The third-order valence-corrected chi connectivity index (χ3v) is 6.54. The Morgan fingerprint density at radius 2 is 1.06 bits per heavy atom. The number of hydrogen-bond donors (Lipinski definition) is 0. The summed E-state index contributed by atoms with van der Waals surface area (Å²) in [5.74, 6) is 0. The van der Waals surface area contributed by atoms with Crippen LogP contribution >= 0.6 is 0 Å².